The molecular formula is C13H18BrNO2. The lowest BCUT2D eigenvalue weighted by Crippen LogP contribution is -2.07. The predicted molar refractivity (Wildman–Crippen MR) is 73.7 cm³/mol. The van der Waals surface area contributed by atoms with Crippen molar-refractivity contribution in [3.05, 3.63) is 28.2 Å². The minimum atomic E-state index is -0.901. The Morgan fingerprint density at radius 1 is 1.35 bits per heavy atom. The van der Waals surface area contributed by atoms with Gasteiger partial charge in [-0.25, -0.2) is 4.79 Å². The fourth-order valence-corrected chi connectivity index (χ4v) is 1.98. The minimum Gasteiger partial charge on any atom is -0.478 e. The lowest BCUT2D eigenvalue weighted by molar-refractivity contribution is 0.0698. The molecule has 0 unspecified atom stereocenters. The summed E-state index contributed by atoms with van der Waals surface area (Å²) in [6.07, 6.45) is 4.69. The zero-order valence-electron chi connectivity index (χ0n) is 10.0. The number of nitrogens with one attached hydrogen (secondary N) is 1. The van der Waals surface area contributed by atoms with Gasteiger partial charge in [0, 0.05) is 16.7 Å². The van der Waals surface area contributed by atoms with Gasteiger partial charge in [0.2, 0.25) is 0 Å². The third-order valence-corrected chi connectivity index (χ3v) is 3.05. The van der Waals surface area contributed by atoms with Crippen LogP contribution in [0.3, 0.4) is 0 Å². The van der Waals surface area contributed by atoms with Crippen molar-refractivity contribution in [3.63, 3.8) is 0 Å². The van der Waals surface area contributed by atoms with Crippen LogP contribution in [0.5, 0.6) is 0 Å². The van der Waals surface area contributed by atoms with Crippen LogP contribution in [0.4, 0.5) is 5.69 Å². The standard InChI is InChI=1S/C13H18BrNO2/c1-2-3-4-5-8-15-12-7-6-10(14)9-11(12)13(16)17/h6-7,9,15H,2-5,8H2,1H3,(H,16,17). The van der Waals surface area contributed by atoms with Crippen LogP contribution in [0.2, 0.25) is 0 Å². The highest BCUT2D eigenvalue weighted by Crippen LogP contribution is 2.21. The van der Waals surface area contributed by atoms with Crippen LogP contribution in [-0.4, -0.2) is 17.6 Å². The summed E-state index contributed by atoms with van der Waals surface area (Å²) in [5.41, 5.74) is 1.01. The van der Waals surface area contributed by atoms with E-state index in [0.717, 1.165) is 17.4 Å². The van der Waals surface area contributed by atoms with Crippen LogP contribution in [0.25, 0.3) is 0 Å². The Balaban J connectivity index is 2.55. The summed E-state index contributed by atoms with van der Waals surface area (Å²) in [5.74, 6) is -0.901. The van der Waals surface area contributed by atoms with Gasteiger partial charge >= 0.3 is 5.97 Å². The molecule has 0 saturated heterocycles. The maximum atomic E-state index is 11.0. The summed E-state index contributed by atoms with van der Waals surface area (Å²) in [6, 6.07) is 5.27. The number of aromatic carboxylic acids is 1. The number of unbranched alkanes of at least 4 members (excludes halogenated alkanes) is 3. The molecule has 1 rings (SSSR count). The molecule has 2 N–H and O–H groups in total. The van der Waals surface area contributed by atoms with E-state index in [1.165, 1.54) is 19.3 Å². The number of carbonyl (C=O) groups is 1. The van der Waals surface area contributed by atoms with Gasteiger partial charge in [-0.15, -0.1) is 0 Å². The van der Waals surface area contributed by atoms with Crippen LogP contribution < -0.4 is 5.32 Å². The molecule has 0 atom stereocenters. The van der Waals surface area contributed by atoms with E-state index in [0.29, 0.717) is 11.3 Å². The van der Waals surface area contributed by atoms with Crippen LogP contribution in [-0.2, 0) is 0 Å². The van der Waals surface area contributed by atoms with Gasteiger partial charge < -0.3 is 10.4 Å². The molecule has 0 fully saturated rings. The molecule has 1 aromatic rings. The molecule has 0 aliphatic carbocycles. The Morgan fingerprint density at radius 2 is 2.12 bits per heavy atom. The summed E-state index contributed by atoms with van der Waals surface area (Å²) >= 11 is 3.28. The molecule has 17 heavy (non-hydrogen) atoms. The summed E-state index contributed by atoms with van der Waals surface area (Å²) < 4.78 is 0.784. The number of carboxylic acids is 1. The zero-order chi connectivity index (χ0) is 12.7. The van der Waals surface area contributed by atoms with Gasteiger partial charge in [-0.1, -0.05) is 42.1 Å². The van der Waals surface area contributed by atoms with Crippen LogP contribution in [0.15, 0.2) is 22.7 Å². The summed E-state index contributed by atoms with van der Waals surface area (Å²) in [6.45, 7) is 2.99. The van der Waals surface area contributed by atoms with Crippen LogP contribution in [0, 0.1) is 0 Å². The Morgan fingerprint density at radius 3 is 2.76 bits per heavy atom. The smallest absolute Gasteiger partial charge is 0.337 e. The van der Waals surface area contributed by atoms with E-state index in [1.54, 1.807) is 12.1 Å². The number of benzene rings is 1. The van der Waals surface area contributed by atoms with Crippen molar-refractivity contribution in [1.82, 2.24) is 0 Å². The second-order valence-corrected chi connectivity index (χ2v) is 4.90. The first-order valence-corrected chi connectivity index (χ1v) is 6.71. The van der Waals surface area contributed by atoms with Crippen molar-refractivity contribution in [1.29, 1.82) is 0 Å². The maximum Gasteiger partial charge on any atom is 0.337 e. The van der Waals surface area contributed by atoms with Crippen molar-refractivity contribution in [2.45, 2.75) is 32.6 Å². The molecule has 0 aromatic heterocycles. The van der Waals surface area contributed by atoms with Gasteiger partial charge in [0.1, 0.15) is 0 Å². The highest BCUT2D eigenvalue weighted by molar-refractivity contribution is 9.10. The van der Waals surface area contributed by atoms with Crippen molar-refractivity contribution >= 4 is 27.6 Å². The fraction of sp³-hybridized carbons (Fsp3) is 0.462. The molecule has 0 aliphatic rings. The van der Waals surface area contributed by atoms with Gasteiger partial charge in [-0.3, -0.25) is 0 Å². The predicted octanol–water partition coefficient (Wildman–Crippen LogP) is 4.14. The number of hydrogen-bond acceptors (Lipinski definition) is 2. The fourth-order valence-electron chi connectivity index (χ4n) is 1.62. The number of rotatable bonds is 7. The highest BCUT2D eigenvalue weighted by Gasteiger charge is 2.09. The number of carboxylic acid groups (broad SMARTS) is 1. The van der Waals surface area contributed by atoms with Crippen molar-refractivity contribution in [2.75, 3.05) is 11.9 Å². The first-order valence-electron chi connectivity index (χ1n) is 5.92. The van der Waals surface area contributed by atoms with E-state index in [1.807, 2.05) is 6.07 Å². The largest absolute Gasteiger partial charge is 0.478 e. The Kier molecular flexibility index (Phi) is 6.05. The van der Waals surface area contributed by atoms with E-state index in [2.05, 4.69) is 28.2 Å². The van der Waals surface area contributed by atoms with Crippen molar-refractivity contribution < 1.29 is 9.90 Å². The van der Waals surface area contributed by atoms with Gasteiger partial charge in [-0.05, 0) is 24.6 Å². The zero-order valence-corrected chi connectivity index (χ0v) is 11.6. The van der Waals surface area contributed by atoms with E-state index < -0.39 is 5.97 Å². The van der Waals surface area contributed by atoms with Crippen LogP contribution >= 0.6 is 15.9 Å². The van der Waals surface area contributed by atoms with Gasteiger partial charge in [-0.2, -0.15) is 0 Å². The third-order valence-electron chi connectivity index (χ3n) is 2.56. The van der Waals surface area contributed by atoms with Crippen LogP contribution in [0.1, 0.15) is 43.0 Å². The van der Waals surface area contributed by atoms with Gasteiger partial charge in [0.15, 0.2) is 0 Å². The summed E-state index contributed by atoms with van der Waals surface area (Å²) in [4.78, 5) is 11.0. The number of halogens is 1. The van der Waals surface area contributed by atoms with Gasteiger partial charge in [0.25, 0.3) is 0 Å². The van der Waals surface area contributed by atoms with Crippen molar-refractivity contribution in [2.24, 2.45) is 0 Å². The average Bonchev–Trinajstić information content (AvgIpc) is 2.30. The molecule has 94 valence electrons. The summed E-state index contributed by atoms with van der Waals surface area (Å²) in [7, 11) is 0. The monoisotopic (exact) mass is 299 g/mol. The Hall–Kier alpha value is -1.03. The van der Waals surface area contributed by atoms with E-state index in [4.69, 9.17) is 5.11 Å². The number of hydrogen-bond donors (Lipinski definition) is 2. The molecule has 0 spiro atoms. The van der Waals surface area contributed by atoms with E-state index in [9.17, 15) is 4.79 Å². The molecule has 4 heteroatoms. The molecule has 0 aliphatic heterocycles. The van der Waals surface area contributed by atoms with E-state index >= 15 is 0 Å². The number of anilines is 1. The van der Waals surface area contributed by atoms with E-state index in [-0.39, 0.29) is 0 Å². The quantitative estimate of drug-likeness (QED) is 0.744. The summed E-state index contributed by atoms with van der Waals surface area (Å²) in [5, 5.41) is 12.2. The second kappa shape index (κ2) is 7.33. The Labute approximate surface area is 110 Å². The normalized spacial score (nSPS) is 10.2. The average molecular weight is 300 g/mol. The molecule has 0 radical (unpaired) electrons. The van der Waals surface area contributed by atoms with Gasteiger partial charge in [0.05, 0.1) is 5.56 Å². The lowest BCUT2D eigenvalue weighted by Gasteiger charge is -2.09. The Bertz CT molecular complexity index is 380. The lowest BCUT2D eigenvalue weighted by atomic mass is 10.1. The minimum absolute atomic E-state index is 0.315. The molecule has 0 amide bonds. The topological polar surface area (TPSA) is 49.3 Å². The van der Waals surface area contributed by atoms with Crippen molar-refractivity contribution in [3.8, 4) is 0 Å². The first-order chi connectivity index (χ1) is 8.15. The second-order valence-electron chi connectivity index (χ2n) is 3.98. The molecule has 1 aromatic carbocycles. The molecule has 0 heterocycles. The highest BCUT2D eigenvalue weighted by atomic mass is 79.9. The maximum absolute atomic E-state index is 11.0. The molecule has 3 nitrogen and oxygen atoms in total. The molecule has 0 saturated carbocycles. The first kappa shape index (κ1) is 14.0. The molecule has 0 bridgehead atoms. The SMILES string of the molecule is CCCCCCNc1ccc(Br)cc1C(=O)O. The third kappa shape index (κ3) is 4.77. The molecular weight excluding hydrogens is 282 g/mol.